The van der Waals surface area contributed by atoms with Crippen molar-refractivity contribution < 1.29 is 0 Å². The summed E-state index contributed by atoms with van der Waals surface area (Å²) in [6, 6.07) is 9.96. The maximum absolute atomic E-state index is 7.86. The largest absolute Gasteiger partial charge is 0.384 e. The van der Waals surface area contributed by atoms with Gasteiger partial charge in [-0.2, -0.15) is 0 Å². The second kappa shape index (κ2) is 4.47. The number of benzene rings is 1. The van der Waals surface area contributed by atoms with Crippen molar-refractivity contribution in [3.63, 3.8) is 0 Å². The van der Waals surface area contributed by atoms with Crippen molar-refractivity contribution in [1.29, 1.82) is 5.41 Å². The lowest BCUT2D eigenvalue weighted by Gasteiger charge is -2.34. The SMILES string of the molecule is CC1(C)CCCN1c1nc2ccccc2cc1C(=N)N. The van der Waals surface area contributed by atoms with Gasteiger partial charge in [0.1, 0.15) is 11.7 Å². The molecule has 1 aromatic heterocycles. The molecule has 2 heterocycles. The van der Waals surface area contributed by atoms with Gasteiger partial charge in [-0.05, 0) is 38.8 Å². The molecule has 1 saturated heterocycles. The Balaban J connectivity index is 2.22. The first-order valence-corrected chi connectivity index (χ1v) is 7.01. The van der Waals surface area contributed by atoms with Gasteiger partial charge in [0.25, 0.3) is 0 Å². The molecule has 1 aromatic carbocycles. The summed E-state index contributed by atoms with van der Waals surface area (Å²) >= 11 is 0. The molecular weight excluding hydrogens is 248 g/mol. The summed E-state index contributed by atoms with van der Waals surface area (Å²) in [7, 11) is 0. The van der Waals surface area contributed by atoms with Crippen LogP contribution in [-0.2, 0) is 0 Å². The number of hydrogen-bond donors (Lipinski definition) is 2. The van der Waals surface area contributed by atoms with Gasteiger partial charge in [-0.3, -0.25) is 5.41 Å². The third kappa shape index (κ3) is 2.01. The highest BCUT2D eigenvalue weighted by molar-refractivity contribution is 6.03. The predicted molar refractivity (Wildman–Crippen MR) is 83.4 cm³/mol. The molecule has 0 spiro atoms. The molecule has 1 aliphatic rings. The second-order valence-corrected chi connectivity index (χ2v) is 6.03. The second-order valence-electron chi connectivity index (χ2n) is 6.03. The lowest BCUT2D eigenvalue weighted by Crippen LogP contribution is -2.40. The number of nitrogens with zero attached hydrogens (tertiary/aromatic N) is 2. The maximum atomic E-state index is 7.86. The van der Waals surface area contributed by atoms with Crippen molar-refractivity contribution >= 4 is 22.6 Å². The van der Waals surface area contributed by atoms with Gasteiger partial charge in [0.2, 0.25) is 0 Å². The van der Waals surface area contributed by atoms with Crippen LogP contribution >= 0.6 is 0 Å². The number of nitrogens with two attached hydrogens (primary N) is 1. The Labute approximate surface area is 119 Å². The van der Waals surface area contributed by atoms with E-state index in [0.29, 0.717) is 0 Å². The van der Waals surface area contributed by atoms with Crippen LogP contribution in [0.15, 0.2) is 30.3 Å². The summed E-state index contributed by atoms with van der Waals surface area (Å²) in [5.41, 5.74) is 7.54. The number of nitrogen functional groups attached to an aromatic ring is 1. The molecule has 1 fully saturated rings. The summed E-state index contributed by atoms with van der Waals surface area (Å²) in [4.78, 5) is 7.07. The van der Waals surface area contributed by atoms with E-state index in [1.807, 2.05) is 30.3 Å². The van der Waals surface area contributed by atoms with Gasteiger partial charge in [-0.25, -0.2) is 4.98 Å². The Morgan fingerprint density at radius 2 is 2.10 bits per heavy atom. The van der Waals surface area contributed by atoms with E-state index < -0.39 is 0 Å². The summed E-state index contributed by atoms with van der Waals surface area (Å²) in [6.07, 6.45) is 2.29. The summed E-state index contributed by atoms with van der Waals surface area (Å²) < 4.78 is 0. The van der Waals surface area contributed by atoms with E-state index in [1.54, 1.807) is 0 Å². The van der Waals surface area contributed by atoms with Crippen molar-refractivity contribution in [2.75, 3.05) is 11.4 Å². The van der Waals surface area contributed by atoms with Crippen LogP contribution in [0.2, 0.25) is 0 Å². The molecule has 1 aliphatic heterocycles. The van der Waals surface area contributed by atoms with E-state index in [-0.39, 0.29) is 11.4 Å². The molecule has 0 atom stereocenters. The van der Waals surface area contributed by atoms with Gasteiger partial charge < -0.3 is 10.6 Å². The van der Waals surface area contributed by atoms with Crippen molar-refractivity contribution in [3.05, 3.63) is 35.9 Å². The number of pyridine rings is 1. The lowest BCUT2D eigenvalue weighted by atomic mass is 10.0. The molecular formula is C16H20N4. The van der Waals surface area contributed by atoms with Crippen molar-refractivity contribution in [2.24, 2.45) is 5.73 Å². The van der Waals surface area contributed by atoms with E-state index in [2.05, 4.69) is 18.7 Å². The van der Waals surface area contributed by atoms with Gasteiger partial charge >= 0.3 is 0 Å². The van der Waals surface area contributed by atoms with Crippen molar-refractivity contribution in [2.45, 2.75) is 32.2 Å². The van der Waals surface area contributed by atoms with Gasteiger partial charge in [0, 0.05) is 17.5 Å². The molecule has 0 amide bonds. The molecule has 0 unspecified atom stereocenters. The number of anilines is 1. The highest BCUT2D eigenvalue weighted by Crippen LogP contribution is 2.35. The number of rotatable bonds is 2. The molecule has 4 nitrogen and oxygen atoms in total. The molecule has 0 radical (unpaired) electrons. The van der Waals surface area contributed by atoms with Crippen LogP contribution in [-0.4, -0.2) is 22.9 Å². The maximum Gasteiger partial charge on any atom is 0.140 e. The smallest absolute Gasteiger partial charge is 0.140 e. The number of aromatic nitrogens is 1. The van der Waals surface area contributed by atoms with Crippen LogP contribution in [0.3, 0.4) is 0 Å². The monoisotopic (exact) mass is 268 g/mol. The van der Waals surface area contributed by atoms with Gasteiger partial charge in [-0.15, -0.1) is 0 Å². The Morgan fingerprint density at radius 1 is 1.35 bits per heavy atom. The first-order chi connectivity index (χ1) is 9.49. The third-order valence-electron chi connectivity index (χ3n) is 4.15. The standard InChI is InChI=1S/C16H20N4/c1-16(2)8-5-9-20(16)15-12(14(17)18)10-11-6-3-4-7-13(11)19-15/h3-4,6-7,10H,5,8-9H2,1-2H3,(H3,17,18). The Hall–Kier alpha value is -2.10. The van der Waals surface area contributed by atoms with E-state index in [0.717, 1.165) is 41.7 Å². The fourth-order valence-electron chi connectivity index (χ4n) is 3.01. The molecule has 0 bridgehead atoms. The van der Waals surface area contributed by atoms with E-state index in [4.69, 9.17) is 16.1 Å². The quantitative estimate of drug-likeness (QED) is 0.650. The van der Waals surface area contributed by atoms with Gasteiger partial charge in [0.15, 0.2) is 0 Å². The zero-order chi connectivity index (χ0) is 14.3. The van der Waals surface area contributed by atoms with Crippen LogP contribution in [0, 0.1) is 5.41 Å². The number of amidine groups is 1. The van der Waals surface area contributed by atoms with Gasteiger partial charge in [0.05, 0.1) is 11.1 Å². The van der Waals surface area contributed by atoms with E-state index in [9.17, 15) is 0 Å². The van der Waals surface area contributed by atoms with Crippen LogP contribution < -0.4 is 10.6 Å². The Kier molecular flexibility index (Phi) is 2.89. The Bertz CT molecular complexity index is 675. The molecule has 4 heteroatoms. The minimum atomic E-state index is 0.0691. The summed E-state index contributed by atoms with van der Waals surface area (Å²) in [6.45, 7) is 5.42. The number of hydrogen-bond acceptors (Lipinski definition) is 3. The van der Waals surface area contributed by atoms with E-state index >= 15 is 0 Å². The zero-order valence-electron chi connectivity index (χ0n) is 12.0. The van der Waals surface area contributed by atoms with Crippen molar-refractivity contribution in [3.8, 4) is 0 Å². The number of para-hydroxylation sites is 1. The molecule has 3 rings (SSSR count). The molecule has 3 N–H and O–H groups in total. The molecule has 104 valence electrons. The number of fused-ring (bicyclic) bond motifs is 1. The first kappa shape index (κ1) is 12.9. The highest BCUT2D eigenvalue weighted by Gasteiger charge is 2.34. The lowest BCUT2D eigenvalue weighted by molar-refractivity contribution is 0.514. The van der Waals surface area contributed by atoms with Crippen molar-refractivity contribution in [1.82, 2.24) is 4.98 Å². The first-order valence-electron chi connectivity index (χ1n) is 7.01. The summed E-state index contributed by atoms with van der Waals surface area (Å²) in [5, 5.41) is 8.88. The molecule has 20 heavy (non-hydrogen) atoms. The molecule has 0 saturated carbocycles. The third-order valence-corrected chi connectivity index (χ3v) is 4.15. The highest BCUT2D eigenvalue weighted by atomic mass is 15.3. The molecule has 0 aliphatic carbocycles. The summed E-state index contributed by atoms with van der Waals surface area (Å²) in [5.74, 6) is 0.930. The minimum absolute atomic E-state index is 0.0691. The Morgan fingerprint density at radius 3 is 2.75 bits per heavy atom. The average molecular weight is 268 g/mol. The fraction of sp³-hybridized carbons (Fsp3) is 0.375. The van der Waals surface area contributed by atoms with E-state index in [1.165, 1.54) is 0 Å². The zero-order valence-corrected chi connectivity index (χ0v) is 12.0. The van der Waals surface area contributed by atoms with Crippen LogP contribution in [0.25, 0.3) is 10.9 Å². The van der Waals surface area contributed by atoms with Crippen LogP contribution in [0.1, 0.15) is 32.3 Å². The predicted octanol–water partition coefficient (Wildman–Crippen LogP) is 2.90. The fourth-order valence-corrected chi connectivity index (χ4v) is 3.01. The van der Waals surface area contributed by atoms with Crippen LogP contribution in [0.4, 0.5) is 5.82 Å². The average Bonchev–Trinajstić information content (AvgIpc) is 2.76. The topological polar surface area (TPSA) is 66.0 Å². The number of nitrogens with one attached hydrogen (secondary N) is 1. The molecule has 2 aromatic rings. The van der Waals surface area contributed by atoms with Gasteiger partial charge in [-0.1, -0.05) is 18.2 Å². The minimum Gasteiger partial charge on any atom is -0.384 e. The van der Waals surface area contributed by atoms with Crippen LogP contribution in [0.5, 0.6) is 0 Å². The normalized spacial score (nSPS) is 17.6.